The van der Waals surface area contributed by atoms with Gasteiger partial charge in [0, 0.05) is 53.3 Å². The summed E-state index contributed by atoms with van der Waals surface area (Å²) in [5.74, 6) is 2.08. The minimum atomic E-state index is 0.679. The molecular formula is C39H29B5N4S. The highest BCUT2D eigenvalue weighted by molar-refractivity contribution is 7.25. The molecule has 0 saturated carbocycles. The molecule has 226 valence electrons. The summed E-state index contributed by atoms with van der Waals surface area (Å²) in [4.78, 5) is 15.4. The first-order chi connectivity index (χ1) is 23.9. The largest absolute Gasteiger partial charge is 0.309 e. The highest BCUT2D eigenvalue weighted by Gasteiger charge is 2.20. The van der Waals surface area contributed by atoms with Gasteiger partial charge < -0.3 is 4.57 Å². The Morgan fingerprint density at radius 1 is 0.429 bits per heavy atom. The molecule has 0 N–H and O–H groups in total. The highest BCUT2D eigenvalue weighted by Crippen LogP contribution is 2.39. The van der Waals surface area contributed by atoms with Crippen LogP contribution in [-0.4, -0.2) is 58.8 Å². The number of nitrogens with zero attached hydrogens (tertiary/aromatic N) is 4. The van der Waals surface area contributed by atoms with Crippen LogP contribution >= 0.6 is 11.3 Å². The molecule has 0 aliphatic carbocycles. The molecule has 49 heavy (non-hydrogen) atoms. The lowest BCUT2D eigenvalue weighted by molar-refractivity contribution is 1.08. The van der Waals surface area contributed by atoms with Crippen molar-refractivity contribution in [3.05, 3.63) is 115 Å². The summed E-state index contributed by atoms with van der Waals surface area (Å²) in [5.41, 5.74) is 12.9. The Morgan fingerprint density at radius 3 is 1.59 bits per heavy atom. The molecular weight excluding hydrogens is 611 g/mol. The van der Waals surface area contributed by atoms with Crippen LogP contribution in [0.2, 0.25) is 0 Å². The third-order valence-corrected chi connectivity index (χ3v) is 11.6. The smallest absolute Gasteiger partial charge is 0.164 e. The second kappa shape index (κ2) is 11.4. The Bertz CT molecular complexity index is 2710. The fourth-order valence-corrected chi connectivity index (χ4v) is 8.48. The van der Waals surface area contributed by atoms with E-state index in [0.29, 0.717) is 17.5 Å². The van der Waals surface area contributed by atoms with E-state index in [1.54, 1.807) is 0 Å². The second-order valence-corrected chi connectivity index (χ2v) is 14.1. The molecule has 0 unspecified atom stereocenters. The maximum atomic E-state index is 5.21. The number of aromatic nitrogens is 4. The summed E-state index contributed by atoms with van der Waals surface area (Å²) in [5, 5.41) is 4.97. The normalized spacial score (nSPS) is 11.7. The third-order valence-electron chi connectivity index (χ3n) is 10.4. The fraction of sp³-hybridized carbons (Fsp3) is 0. The van der Waals surface area contributed by atoms with E-state index >= 15 is 0 Å². The number of thiophene rings is 1. The van der Waals surface area contributed by atoms with E-state index in [1.807, 2.05) is 29.5 Å². The molecule has 6 aromatic carbocycles. The molecule has 10 heteroatoms. The first kappa shape index (κ1) is 29.8. The average molecular weight is 640 g/mol. The van der Waals surface area contributed by atoms with Gasteiger partial charge in [-0.3, -0.25) is 0 Å². The van der Waals surface area contributed by atoms with E-state index in [-0.39, 0.29) is 0 Å². The molecule has 9 rings (SSSR count). The van der Waals surface area contributed by atoms with E-state index in [9.17, 15) is 0 Å². The van der Waals surface area contributed by atoms with Crippen molar-refractivity contribution in [2.24, 2.45) is 0 Å². The van der Waals surface area contributed by atoms with Gasteiger partial charge in [-0.1, -0.05) is 77.7 Å². The van der Waals surface area contributed by atoms with Crippen LogP contribution in [-0.2, 0) is 0 Å². The molecule has 0 atom stereocenters. The van der Waals surface area contributed by atoms with Crippen molar-refractivity contribution < 1.29 is 0 Å². The van der Waals surface area contributed by atoms with E-state index < -0.39 is 0 Å². The van der Waals surface area contributed by atoms with E-state index in [2.05, 4.69) is 141 Å². The van der Waals surface area contributed by atoms with E-state index in [4.69, 9.17) is 15.0 Å². The molecule has 0 radical (unpaired) electrons. The van der Waals surface area contributed by atoms with Gasteiger partial charge in [-0.15, -0.1) is 27.7 Å². The van der Waals surface area contributed by atoms with Gasteiger partial charge in [0.25, 0.3) is 0 Å². The predicted octanol–water partition coefficient (Wildman–Crippen LogP) is 1.63. The molecule has 0 spiro atoms. The predicted molar refractivity (Wildman–Crippen MR) is 224 cm³/mol. The van der Waals surface area contributed by atoms with Crippen molar-refractivity contribution in [3.8, 4) is 39.9 Å². The van der Waals surface area contributed by atoms with Crippen LogP contribution < -0.4 is 27.3 Å². The van der Waals surface area contributed by atoms with Gasteiger partial charge in [0.05, 0.1) is 11.0 Å². The Balaban J connectivity index is 1.26. The van der Waals surface area contributed by atoms with Crippen molar-refractivity contribution in [2.75, 3.05) is 0 Å². The van der Waals surface area contributed by atoms with Gasteiger partial charge in [-0.25, -0.2) is 15.0 Å². The van der Waals surface area contributed by atoms with Crippen molar-refractivity contribution >= 4 is 120 Å². The van der Waals surface area contributed by atoms with Crippen LogP contribution in [0.1, 0.15) is 0 Å². The lowest BCUT2D eigenvalue weighted by Crippen LogP contribution is -2.55. The lowest BCUT2D eigenvalue weighted by Gasteiger charge is -2.20. The molecule has 0 amide bonds. The molecule has 0 saturated heterocycles. The van der Waals surface area contributed by atoms with Crippen molar-refractivity contribution in [1.82, 2.24) is 19.5 Å². The maximum Gasteiger partial charge on any atom is 0.164 e. The topological polar surface area (TPSA) is 43.6 Å². The summed E-state index contributed by atoms with van der Waals surface area (Å²) < 4.78 is 4.89. The monoisotopic (exact) mass is 640 g/mol. The quantitative estimate of drug-likeness (QED) is 0.275. The van der Waals surface area contributed by atoms with Crippen LogP contribution in [0.15, 0.2) is 115 Å². The van der Waals surface area contributed by atoms with Crippen LogP contribution in [0.25, 0.3) is 81.8 Å². The molecule has 4 nitrogen and oxygen atoms in total. The van der Waals surface area contributed by atoms with Gasteiger partial charge in [0.1, 0.15) is 39.2 Å². The number of rotatable bonds is 4. The Hall–Kier alpha value is -5.33. The highest BCUT2D eigenvalue weighted by atomic mass is 32.1. The standard InChI is InChI=1S/C39H29B5N4S/c40-32-31(33(41)35(43)36(44)34(32)42)39-46-37(20-8-2-1-3-9-20)45-38(47-39)21-14-16-29-25(18-21)26-19-22(15-17-30(26)49-29)48-27-12-6-4-10-23(27)24-11-5-7-13-28(24)48/h1-19H,40-44H2. The van der Waals surface area contributed by atoms with Crippen molar-refractivity contribution in [2.45, 2.75) is 0 Å². The molecule has 0 fully saturated rings. The minimum absolute atomic E-state index is 0.679. The number of fused-ring (bicyclic) bond motifs is 6. The number of para-hydroxylation sites is 2. The van der Waals surface area contributed by atoms with Gasteiger partial charge in [-0.2, -0.15) is 0 Å². The number of hydrogen-bond acceptors (Lipinski definition) is 4. The van der Waals surface area contributed by atoms with Crippen molar-refractivity contribution in [3.63, 3.8) is 0 Å². The molecule has 3 heterocycles. The van der Waals surface area contributed by atoms with Gasteiger partial charge >= 0.3 is 0 Å². The zero-order valence-electron chi connectivity index (χ0n) is 28.2. The molecule has 0 aliphatic heterocycles. The molecule has 0 bridgehead atoms. The van der Waals surface area contributed by atoms with Crippen LogP contribution in [0.4, 0.5) is 0 Å². The van der Waals surface area contributed by atoms with Crippen LogP contribution in [0.3, 0.4) is 0 Å². The Labute approximate surface area is 293 Å². The Morgan fingerprint density at radius 2 is 0.939 bits per heavy atom. The number of benzene rings is 6. The minimum Gasteiger partial charge on any atom is -0.309 e. The lowest BCUT2D eigenvalue weighted by atomic mass is 9.60. The van der Waals surface area contributed by atoms with Crippen molar-refractivity contribution in [1.29, 1.82) is 0 Å². The summed E-state index contributed by atoms with van der Waals surface area (Å²) >= 11 is 1.82. The fourth-order valence-electron chi connectivity index (χ4n) is 7.41. The Kier molecular flexibility index (Phi) is 6.92. The molecule has 9 aromatic rings. The zero-order chi connectivity index (χ0) is 33.4. The summed E-state index contributed by atoms with van der Waals surface area (Å²) in [6.45, 7) is 0. The molecule has 0 aliphatic rings. The van der Waals surface area contributed by atoms with Crippen LogP contribution in [0.5, 0.6) is 0 Å². The first-order valence-corrected chi connectivity index (χ1v) is 17.5. The van der Waals surface area contributed by atoms with Gasteiger partial charge in [0.15, 0.2) is 17.5 Å². The van der Waals surface area contributed by atoms with Gasteiger partial charge in [-0.05, 0) is 48.5 Å². The summed E-state index contributed by atoms with van der Waals surface area (Å²) in [6.07, 6.45) is 0. The molecule has 3 aromatic heterocycles. The van der Waals surface area contributed by atoms with Gasteiger partial charge in [0.2, 0.25) is 0 Å². The number of hydrogen-bond donors (Lipinski definition) is 0. The summed E-state index contributed by atoms with van der Waals surface area (Å²) in [7, 11) is 11.0. The average Bonchev–Trinajstić information content (AvgIpc) is 3.68. The first-order valence-electron chi connectivity index (χ1n) is 16.7. The third kappa shape index (κ3) is 4.69. The summed E-state index contributed by atoms with van der Waals surface area (Å²) in [6, 6.07) is 41.1. The maximum absolute atomic E-state index is 5.21. The second-order valence-electron chi connectivity index (χ2n) is 13.0. The van der Waals surface area contributed by atoms with E-state index in [1.165, 1.54) is 69.3 Å². The zero-order valence-corrected chi connectivity index (χ0v) is 29.0. The van der Waals surface area contributed by atoms with E-state index in [0.717, 1.165) is 22.4 Å². The van der Waals surface area contributed by atoms with Crippen LogP contribution in [0, 0.1) is 0 Å². The SMILES string of the molecule is Bc1c(B)c(B)c(-c2nc(-c3ccccc3)nc(-c3ccc4sc5ccc(-n6c7ccccc7c7ccccc76)cc5c4c3)n2)c(B)c1B.